The van der Waals surface area contributed by atoms with Crippen molar-refractivity contribution in [2.24, 2.45) is 5.10 Å². The second-order valence-electron chi connectivity index (χ2n) is 5.72. The topological polar surface area (TPSA) is 84.1 Å². The van der Waals surface area contributed by atoms with Gasteiger partial charge in [0.25, 0.3) is 5.91 Å². The van der Waals surface area contributed by atoms with Crippen LogP contribution in [0.15, 0.2) is 58.0 Å². The highest BCUT2D eigenvalue weighted by Crippen LogP contribution is 2.27. The van der Waals surface area contributed by atoms with E-state index in [1.165, 1.54) is 19.4 Å². The molecule has 0 saturated heterocycles. The zero-order valence-corrected chi connectivity index (χ0v) is 15.4. The zero-order valence-electron chi connectivity index (χ0n) is 14.7. The minimum absolute atomic E-state index is 0.00828. The zero-order chi connectivity index (χ0) is 19.4. The van der Waals surface area contributed by atoms with E-state index in [-0.39, 0.29) is 5.75 Å². The Morgan fingerprint density at radius 1 is 1.22 bits per heavy atom. The molecule has 2 N–H and O–H groups in total. The number of aromatic hydroxyl groups is 1. The highest BCUT2D eigenvalue weighted by molar-refractivity contribution is 6.30. The van der Waals surface area contributed by atoms with Crippen molar-refractivity contribution in [3.63, 3.8) is 0 Å². The summed E-state index contributed by atoms with van der Waals surface area (Å²) in [4.78, 5) is 12.3. The van der Waals surface area contributed by atoms with Gasteiger partial charge in [-0.15, -0.1) is 0 Å². The van der Waals surface area contributed by atoms with Gasteiger partial charge in [0.05, 0.1) is 18.9 Å². The van der Waals surface area contributed by atoms with Crippen molar-refractivity contribution >= 4 is 23.7 Å². The number of furan rings is 1. The molecule has 0 aliphatic rings. The van der Waals surface area contributed by atoms with Gasteiger partial charge in [-0.25, -0.2) is 5.43 Å². The molecular formula is C20H17ClN2O4. The average Bonchev–Trinajstić information content (AvgIpc) is 3.04. The minimum atomic E-state index is -0.398. The first-order valence-electron chi connectivity index (χ1n) is 8.04. The molecule has 0 radical (unpaired) electrons. The Morgan fingerprint density at radius 3 is 2.63 bits per heavy atom. The van der Waals surface area contributed by atoms with E-state index < -0.39 is 5.91 Å². The van der Waals surface area contributed by atoms with Gasteiger partial charge in [-0.05, 0) is 61.0 Å². The molecule has 0 unspecified atom stereocenters. The molecule has 3 aromatic rings. The number of phenols is 1. The summed E-state index contributed by atoms with van der Waals surface area (Å²) in [5, 5.41) is 14.3. The standard InChI is InChI=1S/C20H17ClN2O4/c1-12-16(10-19(27-12)14-4-6-15(21)7-5-14)20(25)23-22-11-13-3-8-18(26-2)17(24)9-13/h3-11,24H,1-2H3,(H,23,25). The predicted molar refractivity (Wildman–Crippen MR) is 104 cm³/mol. The number of hydrogen-bond acceptors (Lipinski definition) is 5. The number of phenolic OH excluding ortho intramolecular Hbond substituents is 1. The third-order valence-corrected chi connectivity index (χ3v) is 4.13. The van der Waals surface area contributed by atoms with Crippen molar-refractivity contribution in [3.05, 3.63) is 70.4 Å². The van der Waals surface area contributed by atoms with Crippen LogP contribution in [0.2, 0.25) is 5.02 Å². The van der Waals surface area contributed by atoms with Crippen LogP contribution in [0, 0.1) is 6.92 Å². The first kappa shape index (κ1) is 18.5. The van der Waals surface area contributed by atoms with E-state index in [0.29, 0.717) is 33.4 Å². The summed E-state index contributed by atoms with van der Waals surface area (Å²) in [5.41, 5.74) is 4.26. The number of hydrazone groups is 1. The number of benzene rings is 2. The lowest BCUT2D eigenvalue weighted by Gasteiger charge is -2.03. The number of aryl methyl sites for hydroxylation is 1. The van der Waals surface area contributed by atoms with Crippen LogP contribution in [0.4, 0.5) is 0 Å². The van der Waals surface area contributed by atoms with E-state index in [2.05, 4.69) is 10.5 Å². The molecule has 1 aromatic heterocycles. The van der Waals surface area contributed by atoms with Crippen LogP contribution >= 0.6 is 11.6 Å². The molecule has 138 valence electrons. The van der Waals surface area contributed by atoms with Gasteiger partial charge in [0, 0.05) is 10.6 Å². The molecule has 7 heteroatoms. The van der Waals surface area contributed by atoms with Gasteiger partial charge in [-0.3, -0.25) is 4.79 Å². The third-order valence-electron chi connectivity index (χ3n) is 3.87. The Bertz CT molecular complexity index is 994. The maximum absolute atomic E-state index is 12.3. The summed E-state index contributed by atoms with van der Waals surface area (Å²) in [6.45, 7) is 1.71. The molecule has 27 heavy (non-hydrogen) atoms. The number of methoxy groups -OCH3 is 1. The smallest absolute Gasteiger partial charge is 0.274 e. The molecular weight excluding hydrogens is 368 g/mol. The maximum Gasteiger partial charge on any atom is 0.274 e. The third kappa shape index (κ3) is 4.30. The van der Waals surface area contributed by atoms with Crippen molar-refractivity contribution in [2.45, 2.75) is 6.92 Å². The molecule has 0 aliphatic heterocycles. The largest absolute Gasteiger partial charge is 0.504 e. The number of carbonyl (C=O) groups excluding carboxylic acids is 1. The molecule has 0 bridgehead atoms. The average molecular weight is 385 g/mol. The van der Waals surface area contributed by atoms with Crippen molar-refractivity contribution in [3.8, 4) is 22.8 Å². The number of ether oxygens (including phenoxy) is 1. The summed E-state index contributed by atoms with van der Waals surface area (Å²) in [5.74, 6) is 1.00. The number of rotatable bonds is 5. The first-order chi connectivity index (χ1) is 13.0. The Kier molecular flexibility index (Phi) is 5.47. The normalized spacial score (nSPS) is 10.9. The molecule has 0 aliphatic carbocycles. The van der Waals surface area contributed by atoms with Crippen LogP contribution in [0.3, 0.4) is 0 Å². The molecule has 0 saturated carbocycles. The second kappa shape index (κ2) is 7.97. The lowest BCUT2D eigenvalue weighted by molar-refractivity contribution is 0.0953. The monoisotopic (exact) mass is 384 g/mol. The minimum Gasteiger partial charge on any atom is -0.504 e. The Morgan fingerprint density at radius 2 is 1.96 bits per heavy atom. The Balaban J connectivity index is 1.71. The van der Waals surface area contributed by atoms with Crippen LogP contribution in [-0.2, 0) is 0 Å². The Labute approximate surface area is 161 Å². The van der Waals surface area contributed by atoms with E-state index in [0.717, 1.165) is 5.56 Å². The van der Waals surface area contributed by atoms with Gasteiger partial charge in [0.1, 0.15) is 11.5 Å². The van der Waals surface area contributed by atoms with Gasteiger partial charge >= 0.3 is 0 Å². The Hall–Kier alpha value is -3.25. The molecule has 0 fully saturated rings. The fraction of sp³-hybridized carbons (Fsp3) is 0.100. The summed E-state index contributed by atoms with van der Waals surface area (Å²) in [7, 11) is 1.47. The van der Waals surface area contributed by atoms with Crippen LogP contribution in [-0.4, -0.2) is 24.3 Å². The maximum atomic E-state index is 12.3. The predicted octanol–water partition coefficient (Wildman–Crippen LogP) is 4.39. The summed E-state index contributed by atoms with van der Waals surface area (Å²) >= 11 is 5.89. The fourth-order valence-corrected chi connectivity index (χ4v) is 2.60. The highest BCUT2D eigenvalue weighted by Gasteiger charge is 2.15. The number of nitrogens with zero attached hydrogens (tertiary/aromatic N) is 1. The van der Waals surface area contributed by atoms with E-state index >= 15 is 0 Å². The second-order valence-corrected chi connectivity index (χ2v) is 6.15. The van der Waals surface area contributed by atoms with Gasteiger partial charge in [-0.1, -0.05) is 11.6 Å². The number of nitrogens with one attached hydrogen (secondary N) is 1. The number of carbonyl (C=O) groups is 1. The van der Waals surface area contributed by atoms with Crippen LogP contribution in [0.25, 0.3) is 11.3 Å². The van der Waals surface area contributed by atoms with E-state index in [1.807, 2.05) is 12.1 Å². The van der Waals surface area contributed by atoms with E-state index in [1.54, 1.807) is 37.3 Å². The molecule has 1 heterocycles. The molecule has 0 atom stereocenters. The SMILES string of the molecule is COc1ccc(C=NNC(=O)c2cc(-c3ccc(Cl)cc3)oc2C)cc1O. The number of halogens is 1. The van der Waals surface area contributed by atoms with Gasteiger partial charge < -0.3 is 14.3 Å². The molecule has 2 aromatic carbocycles. The molecule has 6 nitrogen and oxygen atoms in total. The van der Waals surface area contributed by atoms with Crippen molar-refractivity contribution in [2.75, 3.05) is 7.11 Å². The molecule has 3 rings (SSSR count). The molecule has 1 amide bonds. The van der Waals surface area contributed by atoms with Crippen LogP contribution < -0.4 is 10.2 Å². The van der Waals surface area contributed by atoms with Gasteiger partial charge in [0.15, 0.2) is 11.5 Å². The van der Waals surface area contributed by atoms with E-state index in [9.17, 15) is 9.90 Å². The summed E-state index contributed by atoms with van der Waals surface area (Å²) in [6, 6.07) is 13.6. The summed E-state index contributed by atoms with van der Waals surface area (Å²) in [6.07, 6.45) is 1.42. The lowest BCUT2D eigenvalue weighted by Crippen LogP contribution is -2.17. The lowest BCUT2D eigenvalue weighted by atomic mass is 10.1. The fourth-order valence-electron chi connectivity index (χ4n) is 2.48. The van der Waals surface area contributed by atoms with Gasteiger partial charge in [-0.2, -0.15) is 5.10 Å². The number of hydrogen-bond donors (Lipinski definition) is 2. The number of amides is 1. The first-order valence-corrected chi connectivity index (χ1v) is 8.42. The van der Waals surface area contributed by atoms with Crippen LogP contribution in [0.5, 0.6) is 11.5 Å². The highest BCUT2D eigenvalue weighted by atomic mass is 35.5. The van der Waals surface area contributed by atoms with Crippen molar-refractivity contribution in [1.82, 2.24) is 5.43 Å². The van der Waals surface area contributed by atoms with E-state index in [4.69, 9.17) is 20.8 Å². The van der Waals surface area contributed by atoms with Crippen molar-refractivity contribution < 1.29 is 19.1 Å². The molecule has 0 spiro atoms. The quantitative estimate of drug-likeness (QED) is 0.505. The van der Waals surface area contributed by atoms with Gasteiger partial charge in [0.2, 0.25) is 0 Å². The van der Waals surface area contributed by atoms with Crippen molar-refractivity contribution in [1.29, 1.82) is 0 Å². The van der Waals surface area contributed by atoms with Crippen LogP contribution in [0.1, 0.15) is 21.7 Å². The summed E-state index contributed by atoms with van der Waals surface area (Å²) < 4.78 is 10.6.